The lowest BCUT2D eigenvalue weighted by molar-refractivity contribution is 0.522. The van der Waals surface area contributed by atoms with Crippen LogP contribution >= 0.6 is 15.9 Å². The summed E-state index contributed by atoms with van der Waals surface area (Å²) in [7, 11) is 0. The van der Waals surface area contributed by atoms with Gasteiger partial charge in [-0.25, -0.2) is 9.67 Å². The van der Waals surface area contributed by atoms with Gasteiger partial charge in [-0.3, -0.25) is 0 Å². The summed E-state index contributed by atoms with van der Waals surface area (Å²) < 4.78 is 3.03. The lowest BCUT2D eigenvalue weighted by Gasteiger charge is -2.15. The minimum Gasteiger partial charge on any atom is -0.303 e. The van der Waals surface area contributed by atoms with E-state index in [1.54, 1.807) is 6.33 Å². The van der Waals surface area contributed by atoms with E-state index in [9.17, 15) is 0 Å². The third-order valence-electron chi connectivity index (χ3n) is 2.93. The molecule has 0 spiro atoms. The first-order valence-electron chi connectivity index (χ1n) is 6.07. The topological polar surface area (TPSA) is 42.7 Å². The van der Waals surface area contributed by atoms with E-state index in [2.05, 4.69) is 57.3 Å². The Morgan fingerprint density at radius 1 is 1.39 bits per heavy atom. The molecule has 0 fully saturated rings. The Hall–Kier alpha value is -1.20. The molecule has 4 nitrogen and oxygen atoms in total. The van der Waals surface area contributed by atoms with Gasteiger partial charge in [-0.15, -0.1) is 0 Å². The normalized spacial score (nSPS) is 12.6. The molecule has 0 aliphatic rings. The molecule has 2 aromatic rings. The maximum Gasteiger partial charge on any atom is 0.140 e. The zero-order valence-electron chi connectivity index (χ0n) is 10.6. The quantitative estimate of drug-likeness (QED) is 0.923. The molecular weight excluding hydrogens is 292 g/mol. The molecule has 1 aromatic carbocycles. The smallest absolute Gasteiger partial charge is 0.140 e. The number of rotatable bonds is 5. The molecule has 0 bridgehead atoms. The van der Waals surface area contributed by atoms with Crippen molar-refractivity contribution in [3.05, 3.63) is 46.5 Å². The van der Waals surface area contributed by atoms with Crippen molar-refractivity contribution >= 4 is 15.9 Å². The van der Waals surface area contributed by atoms with Crippen LogP contribution < -0.4 is 5.32 Å². The van der Waals surface area contributed by atoms with Gasteiger partial charge in [-0.2, -0.15) is 5.10 Å². The summed E-state index contributed by atoms with van der Waals surface area (Å²) in [6, 6.07) is 8.51. The lowest BCUT2D eigenvalue weighted by Crippen LogP contribution is -2.21. The number of benzene rings is 1. The van der Waals surface area contributed by atoms with E-state index in [0.717, 1.165) is 23.4 Å². The molecule has 1 atom stereocenters. The van der Waals surface area contributed by atoms with Crippen molar-refractivity contribution in [2.24, 2.45) is 0 Å². The van der Waals surface area contributed by atoms with E-state index in [-0.39, 0.29) is 6.04 Å². The minimum absolute atomic E-state index is 0.266. The summed E-state index contributed by atoms with van der Waals surface area (Å²) in [5.74, 6) is 0.969. The monoisotopic (exact) mass is 308 g/mol. The highest BCUT2D eigenvalue weighted by Gasteiger charge is 2.09. The van der Waals surface area contributed by atoms with Gasteiger partial charge < -0.3 is 5.32 Å². The van der Waals surface area contributed by atoms with Crippen LogP contribution in [0.1, 0.15) is 31.3 Å². The minimum atomic E-state index is 0.266. The predicted molar refractivity (Wildman–Crippen MR) is 75.1 cm³/mol. The summed E-state index contributed by atoms with van der Waals surface area (Å²) in [6.07, 6.45) is 1.60. The van der Waals surface area contributed by atoms with E-state index >= 15 is 0 Å². The van der Waals surface area contributed by atoms with Crippen LogP contribution in [0.25, 0.3) is 0 Å². The van der Waals surface area contributed by atoms with Gasteiger partial charge in [-0.1, -0.05) is 34.1 Å². The summed E-state index contributed by atoms with van der Waals surface area (Å²) in [5.41, 5.74) is 1.25. The van der Waals surface area contributed by atoms with Gasteiger partial charge in [0.25, 0.3) is 0 Å². The molecule has 1 N–H and O–H groups in total. The van der Waals surface area contributed by atoms with Crippen LogP contribution in [0, 0.1) is 0 Å². The first kappa shape index (κ1) is 13.2. The molecule has 0 unspecified atom stereocenters. The highest BCUT2D eigenvalue weighted by atomic mass is 79.9. The van der Waals surface area contributed by atoms with Crippen molar-refractivity contribution in [1.82, 2.24) is 20.1 Å². The number of aryl methyl sites for hydroxylation is 1. The number of hydrogen-bond acceptors (Lipinski definition) is 3. The van der Waals surface area contributed by atoms with Gasteiger partial charge in [-0.05, 0) is 25.5 Å². The van der Waals surface area contributed by atoms with E-state index in [1.807, 2.05) is 16.8 Å². The molecule has 0 amide bonds. The van der Waals surface area contributed by atoms with Crippen molar-refractivity contribution in [1.29, 1.82) is 0 Å². The van der Waals surface area contributed by atoms with E-state index < -0.39 is 0 Å². The van der Waals surface area contributed by atoms with Crippen LogP contribution in [-0.4, -0.2) is 14.8 Å². The standard InChI is InChI=1S/C13H17BrN4/c1-3-18-13(16-9-17-18)8-15-10(2)11-6-4-5-7-12(11)14/h4-7,9-10,15H,3,8H2,1-2H3/t10-/m1/s1. The average Bonchev–Trinajstić information content (AvgIpc) is 2.84. The summed E-state index contributed by atoms with van der Waals surface area (Å²) >= 11 is 3.57. The Morgan fingerprint density at radius 3 is 2.89 bits per heavy atom. The van der Waals surface area contributed by atoms with Crippen LogP contribution in [0.4, 0.5) is 0 Å². The highest BCUT2D eigenvalue weighted by Crippen LogP contribution is 2.22. The molecule has 96 valence electrons. The maximum atomic E-state index is 4.25. The van der Waals surface area contributed by atoms with Crippen LogP contribution in [0.5, 0.6) is 0 Å². The Labute approximate surface area is 116 Å². The van der Waals surface area contributed by atoms with Gasteiger partial charge in [0.1, 0.15) is 12.2 Å². The van der Waals surface area contributed by atoms with Crippen molar-refractivity contribution in [2.45, 2.75) is 33.0 Å². The van der Waals surface area contributed by atoms with Crippen molar-refractivity contribution in [3.8, 4) is 0 Å². The average molecular weight is 309 g/mol. The molecular formula is C13H17BrN4. The zero-order valence-corrected chi connectivity index (χ0v) is 12.2. The SMILES string of the molecule is CCn1ncnc1CN[C@H](C)c1ccccc1Br. The number of nitrogens with zero attached hydrogens (tertiary/aromatic N) is 3. The van der Waals surface area contributed by atoms with Gasteiger partial charge in [0.15, 0.2) is 0 Å². The van der Waals surface area contributed by atoms with Crippen LogP contribution in [0.3, 0.4) is 0 Å². The molecule has 1 aromatic heterocycles. The summed E-state index contributed by atoms with van der Waals surface area (Å²) in [4.78, 5) is 4.25. The third kappa shape index (κ3) is 2.97. The molecule has 0 aliphatic heterocycles. The van der Waals surface area contributed by atoms with Crippen LogP contribution in [0.15, 0.2) is 35.1 Å². The molecule has 0 aliphatic carbocycles. The molecule has 0 saturated heterocycles. The predicted octanol–water partition coefficient (Wildman–Crippen LogP) is 2.91. The van der Waals surface area contributed by atoms with E-state index in [4.69, 9.17) is 0 Å². The molecule has 0 saturated carbocycles. The first-order valence-corrected chi connectivity index (χ1v) is 6.86. The van der Waals surface area contributed by atoms with Gasteiger partial charge in [0, 0.05) is 17.1 Å². The molecule has 2 rings (SSSR count). The van der Waals surface area contributed by atoms with E-state index in [0.29, 0.717) is 0 Å². The van der Waals surface area contributed by atoms with E-state index in [1.165, 1.54) is 5.56 Å². The largest absolute Gasteiger partial charge is 0.303 e. The van der Waals surface area contributed by atoms with Crippen molar-refractivity contribution in [2.75, 3.05) is 0 Å². The Morgan fingerprint density at radius 2 is 2.17 bits per heavy atom. The number of hydrogen-bond donors (Lipinski definition) is 1. The summed E-state index contributed by atoms with van der Waals surface area (Å²) in [5, 5.41) is 7.62. The third-order valence-corrected chi connectivity index (χ3v) is 3.66. The second-order valence-corrected chi connectivity index (χ2v) is 4.97. The number of aromatic nitrogens is 3. The van der Waals surface area contributed by atoms with Gasteiger partial charge in [0.05, 0.1) is 6.54 Å². The first-order chi connectivity index (χ1) is 8.72. The Balaban J connectivity index is 2.01. The van der Waals surface area contributed by atoms with Crippen molar-refractivity contribution in [3.63, 3.8) is 0 Å². The number of nitrogens with one attached hydrogen (secondary N) is 1. The molecule has 5 heteroatoms. The Bertz CT molecular complexity index is 509. The zero-order chi connectivity index (χ0) is 13.0. The number of halogens is 1. The van der Waals surface area contributed by atoms with Crippen LogP contribution in [0.2, 0.25) is 0 Å². The van der Waals surface area contributed by atoms with Gasteiger partial charge >= 0.3 is 0 Å². The molecule has 18 heavy (non-hydrogen) atoms. The highest BCUT2D eigenvalue weighted by molar-refractivity contribution is 9.10. The second-order valence-electron chi connectivity index (χ2n) is 4.12. The van der Waals surface area contributed by atoms with Gasteiger partial charge in [0.2, 0.25) is 0 Å². The lowest BCUT2D eigenvalue weighted by atomic mass is 10.1. The van der Waals surface area contributed by atoms with Crippen LogP contribution in [-0.2, 0) is 13.1 Å². The fourth-order valence-electron chi connectivity index (χ4n) is 1.87. The van der Waals surface area contributed by atoms with Crippen molar-refractivity contribution < 1.29 is 0 Å². The summed E-state index contributed by atoms with van der Waals surface area (Å²) in [6.45, 7) is 5.78. The fourth-order valence-corrected chi connectivity index (χ4v) is 2.50. The second kappa shape index (κ2) is 6.11. The maximum absolute atomic E-state index is 4.25. The molecule has 0 radical (unpaired) electrons. The molecule has 1 heterocycles. The fraction of sp³-hybridized carbons (Fsp3) is 0.385. The Kier molecular flexibility index (Phi) is 4.49.